The Hall–Kier alpha value is -0.790. The van der Waals surface area contributed by atoms with Crippen LogP contribution in [0.1, 0.15) is 38.5 Å². The van der Waals surface area contributed by atoms with Gasteiger partial charge < -0.3 is 4.90 Å². The molecule has 0 unspecified atom stereocenters. The lowest BCUT2D eigenvalue weighted by Crippen LogP contribution is -2.25. The smallest absolute Gasteiger partial charge is 0.142 e. The van der Waals surface area contributed by atoms with Crippen LogP contribution in [-0.4, -0.2) is 18.0 Å². The Kier molecular flexibility index (Phi) is 3.22. The normalized spacial score (nSPS) is 23.9. The summed E-state index contributed by atoms with van der Waals surface area (Å²) in [7, 11) is 0. The fraction of sp³-hybridized carbons (Fsp3) is 0.667. The van der Waals surface area contributed by atoms with Gasteiger partial charge in [-0.1, -0.05) is 18.9 Å². The maximum absolute atomic E-state index is 13.5. The summed E-state index contributed by atoms with van der Waals surface area (Å²) in [5, 5.41) is 0. The molecule has 1 aliphatic carbocycles. The van der Waals surface area contributed by atoms with Gasteiger partial charge in [0.2, 0.25) is 0 Å². The van der Waals surface area contributed by atoms with Gasteiger partial charge in [0, 0.05) is 13.1 Å². The van der Waals surface area contributed by atoms with Crippen LogP contribution >= 0.6 is 0 Å². The fourth-order valence-electron chi connectivity index (χ4n) is 2.22. The van der Waals surface area contributed by atoms with Crippen molar-refractivity contribution in [3.63, 3.8) is 0 Å². The number of hydrogen-bond donors (Lipinski definition) is 0. The molecule has 0 amide bonds. The molecule has 0 bridgehead atoms. The average Bonchev–Trinajstić information content (AvgIpc) is 2.47. The van der Waals surface area contributed by atoms with E-state index in [2.05, 4.69) is 11.0 Å². The van der Waals surface area contributed by atoms with E-state index in [1.807, 2.05) is 0 Å². The van der Waals surface area contributed by atoms with Gasteiger partial charge in [-0.15, -0.1) is 0 Å². The lowest BCUT2D eigenvalue weighted by atomic mass is 10.1. The van der Waals surface area contributed by atoms with Crippen molar-refractivity contribution in [3.8, 4) is 0 Å². The molecule has 0 aromatic heterocycles. The second kappa shape index (κ2) is 4.63. The van der Waals surface area contributed by atoms with Crippen molar-refractivity contribution in [3.05, 3.63) is 23.7 Å². The van der Waals surface area contributed by atoms with Gasteiger partial charge in [-0.05, 0) is 31.8 Å². The molecule has 0 saturated carbocycles. The van der Waals surface area contributed by atoms with Crippen LogP contribution in [0.5, 0.6) is 0 Å². The Morgan fingerprint density at radius 3 is 2.21 bits per heavy atom. The molecule has 1 heterocycles. The van der Waals surface area contributed by atoms with E-state index in [4.69, 9.17) is 0 Å². The summed E-state index contributed by atoms with van der Waals surface area (Å²) in [4.78, 5) is 2.22. The highest BCUT2D eigenvalue weighted by atomic mass is 19.1. The lowest BCUT2D eigenvalue weighted by molar-refractivity contribution is 0.344. The van der Waals surface area contributed by atoms with Gasteiger partial charge >= 0.3 is 0 Å². The molecule has 2 rings (SSSR count). The van der Waals surface area contributed by atoms with E-state index >= 15 is 0 Å². The summed E-state index contributed by atoms with van der Waals surface area (Å²) in [5.41, 5.74) is 0.859. The lowest BCUT2D eigenvalue weighted by Gasteiger charge is -2.26. The molecule has 0 N–H and O–H groups in total. The minimum atomic E-state index is -0.00171. The van der Waals surface area contributed by atoms with Crippen LogP contribution in [0.2, 0.25) is 0 Å². The van der Waals surface area contributed by atoms with Gasteiger partial charge in [-0.3, -0.25) is 0 Å². The van der Waals surface area contributed by atoms with Crippen LogP contribution in [-0.2, 0) is 0 Å². The fourth-order valence-corrected chi connectivity index (χ4v) is 2.22. The Morgan fingerprint density at radius 2 is 1.57 bits per heavy atom. The third-order valence-electron chi connectivity index (χ3n) is 3.02. The standard InChI is InChI=1S/C12H18FN/c13-11-7-3-4-8-12(11)14-9-5-1-2-6-10-14/h7-8H,1-6,9-10H2. The van der Waals surface area contributed by atoms with E-state index < -0.39 is 0 Å². The van der Waals surface area contributed by atoms with Gasteiger partial charge in [0.1, 0.15) is 5.83 Å². The zero-order valence-electron chi connectivity index (χ0n) is 8.64. The molecule has 1 aliphatic heterocycles. The van der Waals surface area contributed by atoms with Crippen molar-refractivity contribution >= 4 is 0 Å². The maximum Gasteiger partial charge on any atom is 0.142 e. The second-order valence-corrected chi connectivity index (χ2v) is 4.12. The first kappa shape index (κ1) is 9.75. The SMILES string of the molecule is FC1=CCCC=C1N1CCCCCC1. The molecule has 78 valence electrons. The minimum Gasteiger partial charge on any atom is -0.369 e. The Balaban J connectivity index is 2.05. The summed E-state index contributed by atoms with van der Waals surface area (Å²) in [6.45, 7) is 2.07. The van der Waals surface area contributed by atoms with Crippen molar-refractivity contribution < 1.29 is 4.39 Å². The first-order valence-corrected chi connectivity index (χ1v) is 5.69. The van der Waals surface area contributed by atoms with Gasteiger partial charge in [0.15, 0.2) is 0 Å². The highest BCUT2D eigenvalue weighted by Gasteiger charge is 2.17. The molecular formula is C12H18FN. The molecule has 0 aromatic rings. The van der Waals surface area contributed by atoms with Crippen molar-refractivity contribution in [1.29, 1.82) is 0 Å². The predicted octanol–water partition coefficient (Wildman–Crippen LogP) is 3.39. The topological polar surface area (TPSA) is 3.24 Å². The van der Waals surface area contributed by atoms with Crippen molar-refractivity contribution in [2.75, 3.05) is 13.1 Å². The Morgan fingerprint density at radius 1 is 0.929 bits per heavy atom. The predicted molar refractivity (Wildman–Crippen MR) is 56.5 cm³/mol. The Labute approximate surface area is 85.3 Å². The quantitative estimate of drug-likeness (QED) is 0.620. The summed E-state index contributed by atoms with van der Waals surface area (Å²) in [5.74, 6) is -0.00171. The summed E-state index contributed by atoms with van der Waals surface area (Å²) in [6, 6.07) is 0. The van der Waals surface area contributed by atoms with E-state index in [-0.39, 0.29) is 5.83 Å². The summed E-state index contributed by atoms with van der Waals surface area (Å²) >= 11 is 0. The zero-order chi connectivity index (χ0) is 9.80. The molecule has 0 aromatic carbocycles. The average molecular weight is 195 g/mol. The molecule has 0 radical (unpaired) electrons. The molecule has 1 nitrogen and oxygen atoms in total. The van der Waals surface area contributed by atoms with Gasteiger partial charge in [0.05, 0.1) is 5.70 Å². The van der Waals surface area contributed by atoms with Crippen LogP contribution in [0, 0.1) is 0 Å². The van der Waals surface area contributed by atoms with Crippen LogP contribution in [0.4, 0.5) is 4.39 Å². The third-order valence-corrected chi connectivity index (χ3v) is 3.02. The van der Waals surface area contributed by atoms with Gasteiger partial charge in [-0.25, -0.2) is 4.39 Å². The third kappa shape index (κ3) is 2.17. The number of likely N-dealkylation sites (tertiary alicyclic amines) is 1. The highest BCUT2D eigenvalue weighted by molar-refractivity contribution is 5.27. The number of hydrogen-bond acceptors (Lipinski definition) is 1. The maximum atomic E-state index is 13.5. The first-order valence-electron chi connectivity index (χ1n) is 5.69. The van der Waals surface area contributed by atoms with E-state index in [0.717, 1.165) is 31.6 Å². The molecule has 0 atom stereocenters. The van der Waals surface area contributed by atoms with Crippen LogP contribution in [0.25, 0.3) is 0 Å². The van der Waals surface area contributed by atoms with E-state index in [9.17, 15) is 4.39 Å². The van der Waals surface area contributed by atoms with Crippen LogP contribution in [0.3, 0.4) is 0 Å². The summed E-state index contributed by atoms with van der Waals surface area (Å²) < 4.78 is 13.5. The van der Waals surface area contributed by atoms with E-state index in [0.29, 0.717) is 0 Å². The number of allylic oxidation sites excluding steroid dienone is 3. The molecular weight excluding hydrogens is 177 g/mol. The van der Waals surface area contributed by atoms with Crippen molar-refractivity contribution in [2.24, 2.45) is 0 Å². The molecule has 2 heteroatoms. The van der Waals surface area contributed by atoms with Gasteiger partial charge in [-0.2, -0.15) is 0 Å². The van der Waals surface area contributed by atoms with Crippen molar-refractivity contribution in [1.82, 2.24) is 4.90 Å². The molecule has 14 heavy (non-hydrogen) atoms. The molecule has 0 spiro atoms. The molecule has 1 saturated heterocycles. The zero-order valence-corrected chi connectivity index (χ0v) is 8.64. The van der Waals surface area contributed by atoms with Crippen molar-refractivity contribution in [2.45, 2.75) is 38.5 Å². The highest BCUT2D eigenvalue weighted by Crippen LogP contribution is 2.25. The Bertz CT molecular complexity index is 247. The minimum absolute atomic E-state index is 0.00171. The number of rotatable bonds is 1. The largest absolute Gasteiger partial charge is 0.369 e. The van der Waals surface area contributed by atoms with Crippen LogP contribution in [0.15, 0.2) is 23.7 Å². The number of nitrogens with zero attached hydrogens (tertiary/aromatic N) is 1. The number of halogens is 1. The van der Waals surface area contributed by atoms with E-state index in [1.54, 1.807) is 6.08 Å². The van der Waals surface area contributed by atoms with Crippen LogP contribution < -0.4 is 0 Å². The molecule has 2 aliphatic rings. The summed E-state index contributed by atoms with van der Waals surface area (Å²) in [6.07, 6.45) is 10.7. The van der Waals surface area contributed by atoms with Gasteiger partial charge in [0.25, 0.3) is 0 Å². The second-order valence-electron chi connectivity index (χ2n) is 4.12. The monoisotopic (exact) mass is 195 g/mol. The van der Waals surface area contributed by atoms with E-state index in [1.165, 1.54) is 25.7 Å². The molecule has 1 fully saturated rings. The first-order chi connectivity index (χ1) is 6.88.